The Kier molecular flexibility index (Phi) is 8.09. The molecule has 0 N–H and O–H groups in total. The van der Waals surface area contributed by atoms with E-state index >= 15 is 0 Å². The molecule has 120 valence electrons. The predicted octanol–water partition coefficient (Wildman–Crippen LogP) is 2.98. The highest BCUT2D eigenvalue weighted by Crippen LogP contribution is 2.12. The number of likely N-dealkylation sites (tertiary alicyclic amines) is 1. The number of rotatable bonds is 8. The SMILES string of the molecule is C/C=C/CN(C(=O)CCCN1CCCCC1=O)C(C)CC. The minimum atomic E-state index is 0.201. The Hall–Kier alpha value is -1.32. The molecule has 1 unspecified atom stereocenters. The lowest BCUT2D eigenvalue weighted by molar-refractivity contribution is -0.135. The number of carbonyl (C=O) groups is 2. The largest absolute Gasteiger partial charge is 0.343 e. The number of carbonyl (C=O) groups excluding carboxylic acids is 2. The van der Waals surface area contributed by atoms with Crippen LogP contribution in [-0.2, 0) is 9.59 Å². The van der Waals surface area contributed by atoms with Gasteiger partial charge in [-0.2, -0.15) is 0 Å². The van der Waals surface area contributed by atoms with Gasteiger partial charge in [-0.15, -0.1) is 0 Å². The molecule has 0 bridgehead atoms. The average Bonchev–Trinajstić information content (AvgIpc) is 2.49. The minimum Gasteiger partial charge on any atom is -0.343 e. The molecule has 1 saturated heterocycles. The molecule has 1 fully saturated rings. The van der Waals surface area contributed by atoms with Crippen LogP contribution in [0.2, 0.25) is 0 Å². The Balaban J connectivity index is 2.40. The normalized spacial score (nSPS) is 17.3. The summed E-state index contributed by atoms with van der Waals surface area (Å²) in [4.78, 5) is 27.9. The van der Waals surface area contributed by atoms with E-state index in [0.29, 0.717) is 19.4 Å². The Bertz CT molecular complexity index is 366. The molecule has 1 aliphatic rings. The topological polar surface area (TPSA) is 40.6 Å². The smallest absolute Gasteiger partial charge is 0.223 e. The molecule has 0 radical (unpaired) electrons. The van der Waals surface area contributed by atoms with Gasteiger partial charge in [-0.05, 0) is 39.5 Å². The molecular weight excluding hydrogens is 264 g/mol. The second kappa shape index (κ2) is 9.59. The molecule has 1 rings (SSSR count). The van der Waals surface area contributed by atoms with Crippen molar-refractivity contribution >= 4 is 11.8 Å². The van der Waals surface area contributed by atoms with Crippen LogP contribution in [0.4, 0.5) is 0 Å². The van der Waals surface area contributed by atoms with Gasteiger partial charge in [0.15, 0.2) is 0 Å². The molecule has 0 aromatic rings. The monoisotopic (exact) mass is 294 g/mol. The number of nitrogens with zero attached hydrogens (tertiary/aromatic N) is 2. The molecule has 21 heavy (non-hydrogen) atoms. The van der Waals surface area contributed by atoms with Crippen molar-refractivity contribution in [3.63, 3.8) is 0 Å². The molecule has 0 saturated carbocycles. The molecule has 1 aliphatic heterocycles. The van der Waals surface area contributed by atoms with Crippen molar-refractivity contribution in [3.05, 3.63) is 12.2 Å². The third-order valence-electron chi connectivity index (χ3n) is 4.22. The van der Waals surface area contributed by atoms with Crippen LogP contribution in [0.1, 0.15) is 59.3 Å². The fraction of sp³-hybridized carbons (Fsp3) is 0.765. The van der Waals surface area contributed by atoms with Crippen molar-refractivity contribution in [2.24, 2.45) is 0 Å². The van der Waals surface area contributed by atoms with Crippen LogP contribution in [0.25, 0.3) is 0 Å². The highest BCUT2D eigenvalue weighted by Gasteiger charge is 2.20. The van der Waals surface area contributed by atoms with Gasteiger partial charge in [0.25, 0.3) is 0 Å². The summed E-state index contributed by atoms with van der Waals surface area (Å²) < 4.78 is 0. The summed E-state index contributed by atoms with van der Waals surface area (Å²) in [5.74, 6) is 0.452. The first-order valence-electron chi connectivity index (χ1n) is 8.28. The Labute approximate surface area is 129 Å². The first kappa shape index (κ1) is 17.7. The summed E-state index contributed by atoms with van der Waals surface area (Å²) in [6.45, 7) is 8.44. The lowest BCUT2D eigenvalue weighted by Crippen LogP contribution is -2.39. The maximum Gasteiger partial charge on any atom is 0.223 e. The van der Waals surface area contributed by atoms with E-state index in [1.807, 2.05) is 28.9 Å². The minimum absolute atomic E-state index is 0.201. The molecule has 0 aliphatic carbocycles. The van der Waals surface area contributed by atoms with Crippen LogP contribution in [-0.4, -0.2) is 47.3 Å². The van der Waals surface area contributed by atoms with Gasteiger partial charge in [0.2, 0.25) is 11.8 Å². The van der Waals surface area contributed by atoms with Crippen LogP contribution in [0.5, 0.6) is 0 Å². The van der Waals surface area contributed by atoms with Crippen LogP contribution < -0.4 is 0 Å². The van der Waals surface area contributed by atoms with E-state index < -0.39 is 0 Å². The van der Waals surface area contributed by atoms with E-state index in [-0.39, 0.29) is 17.9 Å². The molecule has 0 aromatic heterocycles. The Morgan fingerprint density at radius 2 is 2.19 bits per heavy atom. The van der Waals surface area contributed by atoms with Gasteiger partial charge < -0.3 is 9.80 Å². The quantitative estimate of drug-likeness (QED) is 0.646. The zero-order valence-corrected chi connectivity index (χ0v) is 13.8. The Morgan fingerprint density at radius 3 is 2.81 bits per heavy atom. The van der Waals surface area contributed by atoms with Crippen LogP contribution in [0.15, 0.2) is 12.2 Å². The number of amides is 2. The standard InChI is InChI=1S/C17H30N2O2/c1-4-6-14-19(15(3)5-2)17(21)11-9-13-18-12-8-7-10-16(18)20/h4,6,15H,5,7-14H2,1-3H3/b6-4+. The summed E-state index contributed by atoms with van der Waals surface area (Å²) in [5, 5.41) is 0. The molecular formula is C17H30N2O2. The van der Waals surface area contributed by atoms with Gasteiger partial charge in [0.05, 0.1) is 0 Å². The second-order valence-electron chi connectivity index (χ2n) is 5.81. The van der Waals surface area contributed by atoms with Gasteiger partial charge in [-0.25, -0.2) is 0 Å². The zero-order valence-electron chi connectivity index (χ0n) is 13.8. The molecule has 2 amide bonds. The van der Waals surface area contributed by atoms with Crippen molar-refractivity contribution in [1.82, 2.24) is 9.80 Å². The number of hydrogen-bond donors (Lipinski definition) is 0. The van der Waals surface area contributed by atoms with Crippen molar-refractivity contribution in [1.29, 1.82) is 0 Å². The maximum absolute atomic E-state index is 12.4. The Morgan fingerprint density at radius 1 is 1.43 bits per heavy atom. The van der Waals surface area contributed by atoms with Gasteiger partial charge in [0.1, 0.15) is 0 Å². The van der Waals surface area contributed by atoms with Gasteiger partial charge in [0, 0.05) is 38.5 Å². The number of hydrogen-bond acceptors (Lipinski definition) is 2. The average molecular weight is 294 g/mol. The molecule has 0 aromatic carbocycles. The molecule has 4 nitrogen and oxygen atoms in total. The van der Waals surface area contributed by atoms with Crippen LogP contribution in [0, 0.1) is 0 Å². The summed E-state index contributed by atoms with van der Waals surface area (Å²) in [5.41, 5.74) is 0. The number of allylic oxidation sites excluding steroid dienone is 1. The van der Waals surface area contributed by atoms with Crippen LogP contribution >= 0.6 is 0 Å². The molecule has 1 heterocycles. The van der Waals surface area contributed by atoms with Crippen LogP contribution in [0.3, 0.4) is 0 Å². The van der Waals surface area contributed by atoms with E-state index in [0.717, 1.165) is 38.8 Å². The fourth-order valence-electron chi connectivity index (χ4n) is 2.63. The third kappa shape index (κ3) is 5.90. The van der Waals surface area contributed by atoms with Crippen molar-refractivity contribution in [2.45, 2.75) is 65.3 Å². The zero-order chi connectivity index (χ0) is 15.7. The highest BCUT2D eigenvalue weighted by atomic mass is 16.2. The van der Waals surface area contributed by atoms with E-state index in [4.69, 9.17) is 0 Å². The van der Waals surface area contributed by atoms with Gasteiger partial charge in [-0.1, -0.05) is 19.1 Å². The van der Waals surface area contributed by atoms with E-state index in [2.05, 4.69) is 13.8 Å². The summed E-state index contributed by atoms with van der Waals surface area (Å²) in [6.07, 6.45) is 9.06. The van der Waals surface area contributed by atoms with Crippen molar-refractivity contribution in [3.8, 4) is 0 Å². The van der Waals surface area contributed by atoms with Gasteiger partial charge >= 0.3 is 0 Å². The summed E-state index contributed by atoms with van der Waals surface area (Å²) in [7, 11) is 0. The van der Waals surface area contributed by atoms with Crippen molar-refractivity contribution < 1.29 is 9.59 Å². The van der Waals surface area contributed by atoms with E-state index in [1.54, 1.807) is 0 Å². The predicted molar refractivity (Wildman–Crippen MR) is 85.9 cm³/mol. The first-order chi connectivity index (χ1) is 10.1. The molecule has 1 atom stereocenters. The highest BCUT2D eigenvalue weighted by molar-refractivity contribution is 5.78. The lowest BCUT2D eigenvalue weighted by Gasteiger charge is -2.29. The number of piperidine rings is 1. The fourth-order valence-corrected chi connectivity index (χ4v) is 2.63. The van der Waals surface area contributed by atoms with E-state index in [9.17, 15) is 9.59 Å². The van der Waals surface area contributed by atoms with Gasteiger partial charge in [-0.3, -0.25) is 9.59 Å². The summed E-state index contributed by atoms with van der Waals surface area (Å²) >= 11 is 0. The molecule has 4 heteroatoms. The maximum atomic E-state index is 12.4. The summed E-state index contributed by atoms with van der Waals surface area (Å²) in [6, 6.07) is 0.269. The van der Waals surface area contributed by atoms with E-state index in [1.165, 1.54) is 0 Å². The lowest BCUT2D eigenvalue weighted by atomic mass is 10.1. The van der Waals surface area contributed by atoms with Crippen molar-refractivity contribution in [2.75, 3.05) is 19.6 Å². The third-order valence-corrected chi connectivity index (χ3v) is 4.22. The second-order valence-corrected chi connectivity index (χ2v) is 5.81. The molecule has 0 spiro atoms. The first-order valence-corrected chi connectivity index (χ1v) is 8.28.